The number of β-amino-alcohol motifs (C(OH)–C–C–N with tert-alkyl or cyclic N) is 1. The predicted molar refractivity (Wildman–Crippen MR) is 108 cm³/mol. The number of Topliss-reactive ketones (excluding diaryl/α,β-unsaturated/α-hetero) is 1. The van der Waals surface area contributed by atoms with Crippen LogP contribution in [-0.4, -0.2) is 55.1 Å². The lowest BCUT2D eigenvalue weighted by atomic mass is 10.0. The van der Waals surface area contributed by atoms with Gasteiger partial charge in [0, 0.05) is 30.2 Å². The van der Waals surface area contributed by atoms with Gasteiger partial charge < -0.3 is 19.8 Å². The molecule has 2 aromatic rings. The minimum atomic E-state index is -0.209. The molecular formula is C22H23ClN2O4. The first-order chi connectivity index (χ1) is 14.0. The summed E-state index contributed by atoms with van der Waals surface area (Å²) in [5, 5.41) is 22.2. The smallest absolute Gasteiger partial charge is 0.231 e. The van der Waals surface area contributed by atoms with Gasteiger partial charge in [0.25, 0.3) is 0 Å². The number of hydrogen-bond acceptors (Lipinski definition) is 5. The number of aliphatic hydroxyl groups excluding tert-OH is 1. The first-order valence-electron chi connectivity index (χ1n) is 9.74. The number of nitrogens with one attached hydrogen (secondary N) is 1. The number of nitrogens with zero attached hydrogens (tertiary/aromatic N) is 1. The fourth-order valence-electron chi connectivity index (χ4n) is 3.83. The van der Waals surface area contributed by atoms with Crippen molar-refractivity contribution in [1.29, 1.82) is 0 Å². The van der Waals surface area contributed by atoms with Gasteiger partial charge in [-0.05, 0) is 29.8 Å². The molecule has 2 N–H and O–H groups in total. The molecule has 7 heteroatoms. The third kappa shape index (κ3) is 4.31. The van der Waals surface area contributed by atoms with Gasteiger partial charge in [-0.15, -0.1) is 0 Å². The van der Waals surface area contributed by atoms with Crippen LogP contribution in [0.25, 0.3) is 6.08 Å². The summed E-state index contributed by atoms with van der Waals surface area (Å²) in [5.74, 6) is 0.304. The molecule has 0 unspecified atom stereocenters. The van der Waals surface area contributed by atoms with Crippen molar-refractivity contribution in [3.05, 3.63) is 63.9 Å². The van der Waals surface area contributed by atoms with Crippen LogP contribution in [0.2, 0.25) is 5.02 Å². The number of benzene rings is 2. The van der Waals surface area contributed by atoms with Crippen molar-refractivity contribution >= 4 is 23.5 Å². The van der Waals surface area contributed by atoms with Crippen LogP contribution in [0.5, 0.6) is 11.5 Å². The monoisotopic (exact) mass is 414 g/mol. The maximum Gasteiger partial charge on any atom is 0.231 e. The van der Waals surface area contributed by atoms with E-state index in [1.165, 1.54) is 11.0 Å². The Labute approximate surface area is 174 Å². The Bertz CT molecular complexity index is 935. The number of fused-ring (bicyclic) bond motifs is 1. The molecule has 1 fully saturated rings. The van der Waals surface area contributed by atoms with Gasteiger partial charge in [-0.25, -0.2) is 0 Å². The van der Waals surface area contributed by atoms with Crippen LogP contribution < -0.4 is 14.7 Å². The number of quaternary nitrogens is 1. The van der Waals surface area contributed by atoms with E-state index in [2.05, 4.69) is 4.90 Å². The number of halogens is 1. The Morgan fingerprint density at radius 1 is 1.17 bits per heavy atom. The number of ether oxygens (including phenoxy) is 1. The quantitative estimate of drug-likeness (QED) is 0.705. The standard InChI is InChI=1S/C22H23ClN2O4/c23-16-3-1-15(2-4-16)13-20-21(28)17-5-6-19(27)18(22(17)29-20)14-25-9-7-24(8-10-25)11-12-26/h1-6,13,26-27H,7-12,14H2/b20-13-. The number of piperazine rings is 1. The van der Waals surface area contributed by atoms with Crippen molar-refractivity contribution < 1.29 is 24.6 Å². The first-order valence-corrected chi connectivity index (χ1v) is 10.1. The third-order valence-corrected chi connectivity index (χ3v) is 5.72. The van der Waals surface area contributed by atoms with Gasteiger partial charge in [-0.2, -0.15) is 0 Å². The van der Waals surface area contributed by atoms with Crippen molar-refractivity contribution in [2.24, 2.45) is 0 Å². The van der Waals surface area contributed by atoms with Crippen LogP contribution in [0.3, 0.4) is 0 Å². The molecule has 0 bridgehead atoms. The van der Waals surface area contributed by atoms with Gasteiger partial charge in [0.1, 0.15) is 12.3 Å². The number of rotatable bonds is 5. The van der Waals surface area contributed by atoms with Crippen molar-refractivity contribution in [3.8, 4) is 11.5 Å². The Morgan fingerprint density at radius 3 is 2.59 bits per heavy atom. The molecule has 4 rings (SSSR count). The van der Waals surface area contributed by atoms with E-state index in [1.54, 1.807) is 24.3 Å². The number of aliphatic hydroxyl groups is 1. The van der Waals surface area contributed by atoms with Crippen molar-refractivity contribution in [2.75, 3.05) is 39.3 Å². The van der Waals surface area contributed by atoms with Gasteiger partial charge in [0.05, 0.1) is 25.3 Å². The van der Waals surface area contributed by atoms with Gasteiger partial charge in [0.2, 0.25) is 5.78 Å². The zero-order chi connectivity index (χ0) is 20.4. The highest BCUT2D eigenvalue weighted by Gasteiger charge is 2.31. The highest BCUT2D eigenvalue weighted by molar-refractivity contribution is 6.30. The van der Waals surface area contributed by atoms with Crippen LogP contribution in [-0.2, 0) is 6.54 Å². The summed E-state index contributed by atoms with van der Waals surface area (Å²) in [5.41, 5.74) is 1.80. The molecule has 0 aromatic heterocycles. The largest absolute Gasteiger partial charge is 0.872 e. The summed E-state index contributed by atoms with van der Waals surface area (Å²) < 4.78 is 5.89. The van der Waals surface area contributed by atoms with Gasteiger partial charge in [0.15, 0.2) is 5.76 Å². The molecule has 152 valence electrons. The minimum absolute atomic E-state index is 0.102. The fraction of sp³-hybridized carbons (Fsp3) is 0.318. The van der Waals surface area contributed by atoms with Crippen LogP contribution in [0.15, 0.2) is 42.2 Å². The second-order valence-electron chi connectivity index (χ2n) is 7.40. The minimum Gasteiger partial charge on any atom is -0.872 e. The lowest BCUT2D eigenvalue weighted by Crippen LogP contribution is -3.13. The fourth-order valence-corrected chi connectivity index (χ4v) is 3.95. The molecule has 1 saturated heterocycles. The maximum absolute atomic E-state index is 12.8. The second-order valence-corrected chi connectivity index (χ2v) is 7.84. The summed E-state index contributed by atoms with van der Waals surface area (Å²) in [4.78, 5) is 16.3. The molecule has 0 aliphatic carbocycles. The molecule has 0 spiro atoms. The molecule has 6 nitrogen and oxygen atoms in total. The van der Waals surface area contributed by atoms with E-state index >= 15 is 0 Å². The summed E-state index contributed by atoms with van der Waals surface area (Å²) >= 11 is 5.92. The average Bonchev–Trinajstić information content (AvgIpc) is 3.03. The normalized spacial score (nSPS) is 18.8. The lowest BCUT2D eigenvalue weighted by Gasteiger charge is -2.32. The summed E-state index contributed by atoms with van der Waals surface area (Å²) in [6, 6.07) is 10.1. The third-order valence-electron chi connectivity index (χ3n) is 5.47. The SMILES string of the molecule is O=C1/C(=C/c2ccc(Cl)cc2)Oc2c1ccc([O-])c2C[NH+]1CCN(CCO)CC1. The highest BCUT2D eigenvalue weighted by atomic mass is 35.5. The number of carbonyl (C=O) groups excluding carboxylic acids is 1. The molecular weight excluding hydrogens is 392 g/mol. The molecule has 0 atom stereocenters. The van der Waals surface area contributed by atoms with Gasteiger partial charge in [-0.1, -0.05) is 35.5 Å². The van der Waals surface area contributed by atoms with Crippen LogP contribution >= 0.6 is 11.6 Å². The van der Waals surface area contributed by atoms with E-state index in [-0.39, 0.29) is 23.9 Å². The maximum atomic E-state index is 12.8. The van der Waals surface area contributed by atoms with Crippen molar-refractivity contribution in [3.63, 3.8) is 0 Å². The summed E-state index contributed by atoms with van der Waals surface area (Å²) in [6.45, 7) is 4.87. The molecule has 2 aliphatic heterocycles. The highest BCUT2D eigenvalue weighted by Crippen LogP contribution is 2.38. The Kier molecular flexibility index (Phi) is 5.87. The molecule has 2 aromatic carbocycles. The van der Waals surface area contributed by atoms with E-state index < -0.39 is 0 Å². The number of hydrogen-bond donors (Lipinski definition) is 2. The second kappa shape index (κ2) is 8.55. The Morgan fingerprint density at radius 2 is 1.90 bits per heavy atom. The molecule has 2 aliphatic rings. The Balaban J connectivity index is 1.54. The number of allylic oxidation sites excluding steroid dienone is 1. The average molecular weight is 415 g/mol. The molecule has 0 amide bonds. The zero-order valence-electron chi connectivity index (χ0n) is 16.0. The molecule has 0 saturated carbocycles. The number of ketones is 1. The van der Waals surface area contributed by atoms with Crippen LogP contribution in [0.4, 0.5) is 0 Å². The summed E-state index contributed by atoms with van der Waals surface area (Å²) in [7, 11) is 0. The Hall–Kier alpha value is -2.38. The molecule has 0 radical (unpaired) electrons. The first kappa shape index (κ1) is 19.9. The molecule has 2 heterocycles. The predicted octanol–water partition coefficient (Wildman–Crippen LogP) is 0.723. The van der Waals surface area contributed by atoms with E-state index in [1.807, 2.05) is 12.1 Å². The van der Waals surface area contributed by atoms with E-state index in [4.69, 9.17) is 21.4 Å². The van der Waals surface area contributed by atoms with Gasteiger partial charge in [-0.3, -0.25) is 9.69 Å². The van der Waals surface area contributed by atoms with Crippen LogP contribution in [0, 0.1) is 0 Å². The van der Waals surface area contributed by atoms with Gasteiger partial charge >= 0.3 is 0 Å². The van der Waals surface area contributed by atoms with E-state index in [0.717, 1.165) is 31.7 Å². The lowest BCUT2D eigenvalue weighted by molar-refractivity contribution is -0.918. The topological polar surface area (TPSA) is 77.3 Å². The van der Waals surface area contributed by atoms with E-state index in [9.17, 15) is 9.90 Å². The van der Waals surface area contributed by atoms with Crippen molar-refractivity contribution in [1.82, 2.24) is 4.90 Å². The van der Waals surface area contributed by atoms with E-state index in [0.29, 0.717) is 35.0 Å². The zero-order valence-corrected chi connectivity index (χ0v) is 16.7. The number of carbonyl (C=O) groups is 1. The summed E-state index contributed by atoms with van der Waals surface area (Å²) in [6.07, 6.45) is 1.67. The van der Waals surface area contributed by atoms with Crippen LogP contribution in [0.1, 0.15) is 21.5 Å². The van der Waals surface area contributed by atoms with Crippen molar-refractivity contribution in [2.45, 2.75) is 6.54 Å². The molecule has 29 heavy (non-hydrogen) atoms.